The van der Waals surface area contributed by atoms with Crippen molar-refractivity contribution in [2.75, 3.05) is 31.0 Å². The molecule has 1 aliphatic heterocycles. The second kappa shape index (κ2) is 7.96. The number of carbonyl (C=O) groups excluding carboxylic acids is 1. The van der Waals surface area contributed by atoms with Gasteiger partial charge in [-0.2, -0.15) is 5.10 Å². The average molecular weight is 430 g/mol. The number of rotatable bonds is 5. The minimum atomic E-state index is -3.88. The molecule has 10 heteroatoms. The van der Waals surface area contributed by atoms with Crippen molar-refractivity contribution >= 4 is 21.6 Å². The third kappa shape index (κ3) is 3.83. The number of hydrogen-bond donors (Lipinski definition) is 2. The van der Waals surface area contributed by atoms with Crippen molar-refractivity contribution in [3.8, 4) is 11.5 Å². The van der Waals surface area contributed by atoms with E-state index in [9.17, 15) is 13.2 Å². The summed E-state index contributed by atoms with van der Waals surface area (Å²) in [7, 11) is -3.88. The van der Waals surface area contributed by atoms with Gasteiger partial charge >= 0.3 is 0 Å². The molecule has 1 saturated heterocycles. The number of aryl methyl sites for hydroxylation is 2. The topological polar surface area (TPSA) is 118 Å². The summed E-state index contributed by atoms with van der Waals surface area (Å²) in [5, 5.41) is 6.72. The molecule has 1 fully saturated rings. The summed E-state index contributed by atoms with van der Waals surface area (Å²) in [5.41, 5.74) is 1.95. The molecule has 1 aliphatic rings. The smallest absolute Gasteiger partial charge is 0.265 e. The molecular formula is C20H22N4O5S. The van der Waals surface area contributed by atoms with E-state index in [1.165, 1.54) is 12.3 Å². The van der Waals surface area contributed by atoms with Crippen LogP contribution in [0.25, 0.3) is 11.5 Å². The first-order valence-corrected chi connectivity index (χ1v) is 10.9. The fourth-order valence-corrected chi connectivity index (χ4v) is 4.63. The van der Waals surface area contributed by atoms with E-state index < -0.39 is 10.0 Å². The third-order valence-corrected chi connectivity index (χ3v) is 6.44. The second-order valence-electron chi connectivity index (χ2n) is 7.01. The van der Waals surface area contributed by atoms with Crippen LogP contribution in [0.2, 0.25) is 0 Å². The maximum Gasteiger partial charge on any atom is 0.265 e. The van der Waals surface area contributed by atoms with E-state index in [1.54, 1.807) is 24.0 Å². The number of aromatic nitrogens is 2. The van der Waals surface area contributed by atoms with Crippen molar-refractivity contribution in [3.63, 3.8) is 0 Å². The van der Waals surface area contributed by atoms with Gasteiger partial charge in [-0.25, -0.2) is 8.42 Å². The Bertz CT molecular complexity index is 1180. The lowest BCUT2D eigenvalue weighted by Crippen LogP contribution is -2.40. The highest BCUT2D eigenvalue weighted by molar-refractivity contribution is 7.92. The van der Waals surface area contributed by atoms with Gasteiger partial charge in [0.05, 0.1) is 30.7 Å². The van der Waals surface area contributed by atoms with E-state index in [0.717, 1.165) is 5.56 Å². The Morgan fingerprint density at radius 1 is 1.20 bits per heavy atom. The first-order valence-electron chi connectivity index (χ1n) is 9.46. The number of aromatic amines is 1. The first kappa shape index (κ1) is 20.2. The van der Waals surface area contributed by atoms with Crippen LogP contribution >= 0.6 is 0 Å². The zero-order valence-electron chi connectivity index (χ0n) is 16.6. The minimum absolute atomic E-state index is 0.000115. The summed E-state index contributed by atoms with van der Waals surface area (Å²) in [5.74, 6) is 0.232. The lowest BCUT2D eigenvalue weighted by Gasteiger charge is -2.26. The highest BCUT2D eigenvalue weighted by Crippen LogP contribution is 2.31. The number of amides is 1. The minimum Gasteiger partial charge on any atom is -0.458 e. The van der Waals surface area contributed by atoms with Crippen LogP contribution in [-0.4, -0.2) is 55.7 Å². The Morgan fingerprint density at radius 3 is 2.67 bits per heavy atom. The molecule has 3 heterocycles. The van der Waals surface area contributed by atoms with Crippen LogP contribution in [0.5, 0.6) is 0 Å². The summed E-state index contributed by atoms with van der Waals surface area (Å²) < 4.78 is 39.5. The molecule has 0 radical (unpaired) electrons. The Balaban J connectivity index is 1.64. The van der Waals surface area contributed by atoms with Crippen LogP contribution in [0.4, 0.5) is 5.69 Å². The Kier molecular flexibility index (Phi) is 5.35. The molecule has 2 N–H and O–H groups in total. The SMILES string of the molecule is Cc1ccccc1NS(=O)(=O)c1cc(-c2[nH]ncc2C(=O)N2CCOCC2)oc1C. The predicted molar refractivity (Wildman–Crippen MR) is 110 cm³/mol. The number of H-pyrrole nitrogens is 1. The molecule has 158 valence electrons. The molecule has 1 amide bonds. The van der Waals surface area contributed by atoms with E-state index >= 15 is 0 Å². The van der Waals surface area contributed by atoms with Crippen molar-refractivity contribution in [1.29, 1.82) is 0 Å². The van der Waals surface area contributed by atoms with Gasteiger partial charge < -0.3 is 14.1 Å². The number of ether oxygens (including phenoxy) is 1. The number of para-hydroxylation sites is 1. The number of furan rings is 1. The van der Waals surface area contributed by atoms with Crippen molar-refractivity contribution in [2.45, 2.75) is 18.7 Å². The molecule has 4 rings (SSSR count). The van der Waals surface area contributed by atoms with E-state index in [1.807, 2.05) is 19.1 Å². The molecule has 1 aromatic carbocycles. The fraction of sp³-hybridized carbons (Fsp3) is 0.300. The van der Waals surface area contributed by atoms with Crippen LogP contribution in [0.1, 0.15) is 21.7 Å². The molecule has 30 heavy (non-hydrogen) atoms. The van der Waals surface area contributed by atoms with Gasteiger partial charge in [0, 0.05) is 19.2 Å². The van der Waals surface area contributed by atoms with Crippen molar-refractivity contribution in [3.05, 3.63) is 53.4 Å². The number of morpholine rings is 1. The van der Waals surface area contributed by atoms with Crippen LogP contribution in [0.15, 0.2) is 45.8 Å². The molecule has 0 aliphatic carbocycles. The van der Waals surface area contributed by atoms with Gasteiger partial charge in [0.1, 0.15) is 16.3 Å². The van der Waals surface area contributed by atoms with Crippen molar-refractivity contribution in [1.82, 2.24) is 15.1 Å². The highest BCUT2D eigenvalue weighted by Gasteiger charge is 2.27. The molecule has 2 aromatic heterocycles. The van der Waals surface area contributed by atoms with E-state index in [4.69, 9.17) is 9.15 Å². The largest absolute Gasteiger partial charge is 0.458 e. The average Bonchev–Trinajstić information content (AvgIpc) is 3.36. The number of hydrogen-bond acceptors (Lipinski definition) is 6. The van der Waals surface area contributed by atoms with Crippen LogP contribution in [-0.2, 0) is 14.8 Å². The third-order valence-electron chi connectivity index (χ3n) is 4.97. The maximum atomic E-state index is 12.9. The van der Waals surface area contributed by atoms with E-state index in [2.05, 4.69) is 14.9 Å². The molecule has 0 unspecified atom stereocenters. The molecule has 0 bridgehead atoms. The Hall–Kier alpha value is -3.11. The summed E-state index contributed by atoms with van der Waals surface area (Å²) in [6, 6.07) is 8.50. The summed E-state index contributed by atoms with van der Waals surface area (Å²) in [4.78, 5) is 14.5. The van der Waals surface area contributed by atoms with Crippen LogP contribution in [0, 0.1) is 13.8 Å². The number of nitrogens with one attached hydrogen (secondary N) is 2. The highest BCUT2D eigenvalue weighted by atomic mass is 32.2. The van der Waals surface area contributed by atoms with Gasteiger partial charge in [0.2, 0.25) is 0 Å². The number of carbonyl (C=O) groups is 1. The lowest BCUT2D eigenvalue weighted by molar-refractivity contribution is 0.0303. The van der Waals surface area contributed by atoms with Crippen molar-refractivity contribution in [2.24, 2.45) is 0 Å². The zero-order valence-corrected chi connectivity index (χ0v) is 17.5. The van der Waals surface area contributed by atoms with Gasteiger partial charge in [-0.15, -0.1) is 0 Å². The zero-order chi connectivity index (χ0) is 21.3. The summed E-state index contributed by atoms with van der Waals surface area (Å²) in [6.45, 7) is 5.31. The second-order valence-corrected chi connectivity index (χ2v) is 8.67. The molecule has 0 spiro atoms. The van der Waals surface area contributed by atoms with E-state index in [0.29, 0.717) is 43.2 Å². The number of anilines is 1. The monoisotopic (exact) mass is 430 g/mol. The molecule has 0 saturated carbocycles. The molecule has 0 atom stereocenters. The van der Waals surface area contributed by atoms with Gasteiger partial charge in [-0.05, 0) is 25.5 Å². The summed E-state index contributed by atoms with van der Waals surface area (Å²) >= 11 is 0. The normalized spacial score (nSPS) is 14.7. The standard InChI is InChI=1S/C20H22N4O5S/c1-13-5-3-4-6-16(13)23-30(26,27)18-11-17(29-14(18)2)19-15(12-21-22-19)20(25)24-7-9-28-10-8-24/h3-6,11-12,23H,7-10H2,1-2H3,(H,21,22). The summed E-state index contributed by atoms with van der Waals surface area (Å²) in [6.07, 6.45) is 1.42. The molecular weight excluding hydrogens is 408 g/mol. The van der Waals surface area contributed by atoms with Crippen molar-refractivity contribution < 1.29 is 22.4 Å². The lowest BCUT2D eigenvalue weighted by atomic mass is 10.2. The fourth-order valence-electron chi connectivity index (χ4n) is 3.32. The van der Waals surface area contributed by atoms with Crippen LogP contribution < -0.4 is 4.72 Å². The molecule has 3 aromatic rings. The molecule has 9 nitrogen and oxygen atoms in total. The number of sulfonamides is 1. The number of benzene rings is 1. The van der Waals surface area contributed by atoms with Crippen LogP contribution in [0.3, 0.4) is 0 Å². The first-order chi connectivity index (χ1) is 14.4. The predicted octanol–water partition coefficient (Wildman–Crippen LogP) is 2.56. The van der Waals surface area contributed by atoms with Gasteiger partial charge in [0.15, 0.2) is 5.76 Å². The quantitative estimate of drug-likeness (QED) is 0.642. The van der Waals surface area contributed by atoms with E-state index in [-0.39, 0.29) is 22.3 Å². The van der Waals surface area contributed by atoms with Gasteiger partial charge in [0.25, 0.3) is 15.9 Å². The Labute approximate surface area is 174 Å². The van der Waals surface area contributed by atoms with Gasteiger partial charge in [-0.1, -0.05) is 18.2 Å². The Morgan fingerprint density at radius 2 is 1.93 bits per heavy atom. The van der Waals surface area contributed by atoms with Gasteiger partial charge in [-0.3, -0.25) is 14.6 Å². The maximum absolute atomic E-state index is 12.9. The number of nitrogens with zero attached hydrogens (tertiary/aromatic N) is 2.